The molecule has 0 spiro atoms. The standard InChI is InChI=1S/C9H16N4O2/c1-9(2,3)7(10)8(14)11-4-6-12-5-15-13-6/h5,7H,4,10H2,1-3H3,(H,11,14)/t7-/m0/s1. The van der Waals surface area contributed by atoms with Crippen LogP contribution in [0.4, 0.5) is 0 Å². The largest absolute Gasteiger partial charge is 0.347 e. The highest BCUT2D eigenvalue weighted by Crippen LogP contribution is 2.17. The van der Waals surface area contributed by atoms with Gasteiger partial charge in [-0.1, -0.05) is 25.9 Å². The van der Waals surface area contributed by atoms with Crippen LogP contribution in [0.5, 0.6) is 0 Å². The van der Waals surface area contributed by atoms with Gasteiger partial charge in [-0.25, -0.2) is 0 Å². The van der Waals surface area contributed by atoms with E-state index in [0.29, 0.717) is 5.82 Å². The molecule has 1 aromatic rings. The van der Waals surface area contributed by atoms with Crippen LogP contribution in [0.1, 0.15) is 26.6 Å². The molecule has 6 heteroatoms. The quantitative estimate of drug-likeness (QED) is 0.738. The molecule has 1 aromatic heterocycles. The van der Waals surface area contributed by atoms with Crippen LogP contribution in [0.15, 0.2) is 10.9 Å². The van der Waals surface area contributed by atoms with E-state index in [-0.39, 0.29) is 17.9 Å². The van der Waals surface area contributed by atoms with Crippen molar-refractivity contribution in [2.75, 3.05) is 0 Å². The molecule has 0 fully saturated rings. The van der Waals surface area contributed by atoms with Crippen LogP contribution in [0, 0.1) is 5.41 Å². The molecule has 0 aliphatic rings. The molecule has 84 valence electrons. The minimum absolute atomic E-state index is 0.215. The van der Waals surface area contributed by atoms with Gasteiger partial charge in [-0.2, -0.15) is 4.98 Å². The Morgan fingerprint density at radius 2 is 2.33 bits per heavy atom. The molecule has 0 saturated heterocycles. The summed E-state index contributed by atoms with van der Waals surface area (Å²) in [7, 11) is 0. The third kappa shape index (κ3) is 3.32. The van der Waals surface area contributed by atoms with Crippen molar-refractivity contribution in [3.05, 3.63) is 12.2 Å². The Morgan fingerprint density at radius 1 is 1.67 bits per heavy atom. The topological polar surface area (TPSA) is 94.0 Å². The molecule has 15 heavy (non-hydrogen) atoms. The number of nitrogens with zero attached hydrogens (tertiary/aromatic N) is 2. The van der Waals surface area contributed by atoms with E-state index in [1.54, 1.807) is 0 Å². The summed E-state index contributed by atoms with van der Waals surface area (Å²) >= 11 is 0. The Kier molecular flexibility index (Phi) is 3.41. The van der Waals surface area contributed by atoms with Gasteiger partial charge in [0.15, 0.2) is 5.82 Å². The Hall–Kier alpha value is -1.43. The lowest BCUT2D eigenvalue weighted by molar-refractivity contribution is -0.124. The van der Waals surface area contributed by atoms with Gasteiger partial charge in [-0.05, 0) is 5.41 Å². The first-order valence-electron chi connectivity index (χ1n) is 4.70. The van der Waals surface area contributed by atoms with E-state index in [1.807, 2.05) is 20.8 Å². The zero-order valence-corrected chi connectivity index (χ0v) is 9.15. The molecule has 3 N–H and O–H groups in total. The number of carbonyl (C=O) groups is 1. The first-order chi connectivity index (χ1) is 6.91. The molecular formula is C9H16N4O2. The van der Waals surface area contributed by atoms with Crippen molar-refractivity contribution in [3.63, 3.8) is 0 Å². The van der Waals surface area contributed by atoms with E-state index in [2.05, 4.69) is 20.0 Å². The Balaban J connectivity index is 2.43. The highest BCUT2D eigenvalue weighted by molar-refractivity contribution is 5.82. The van der Waals surface area contributed by atoms with Crippen LogP contribution in [-0.4, -0.2) is 22.1 Å². The van der Waals surface area contributed by atoms with E-state index in [9.17, 15) is 4.79 Å². The fourth-order valence-electron chi connectivity index (χ4n) is 0.940. The lowest BCUT2D eigenvalue weighted by Gasteiger charge is -2.25. The normalized spacial score (nSPS) is 13.6. The Bertz CT molecular complexity index is 315. The zero-order chi connectivity index (χ0) is 11.5. The lowest BCUT2D eigenvalue weighted by atomic mass is 9.87. The average Bonchev–Trinajstić information content (AvgIpc) is 2.63. The molecule has 0 saturated carbocycles. The van der Waals surface area contributed by atoms with E-state index in [1.165, 1.54) is 6.39 Å². The molecule has 0 radical (unpaired) electrons. The molecule has 1 rings (SSSR count). The van der Waals surface area contributed by atoms with Gasteiger partial charge in [0.05, 0.1) is 12.6 Å². The van der Waals surface area contributed by atoms with Crippen molar-refractivity contribution >= 4 is 5.91 Å². The predicted molar refractivity (Wildman–Crippen MR) is 53.6 cm³/mol. The number of aromatic nitrogens is 2. The van der Waals surface area contributed by atoms with Crippen LogP contribution in [0.25, 0.3) is 0 Å². The predicted octanol–water partition coefficient (Wildman–Crippen LogP) is 0.0592. The summed E-state index contributed by atoms with van der Waals surface area (Å²) < 4.78 is 4.53. The van der Waals surface area contributed by atoms with E-state index < -0.39 is 6.04 Å². The molecule has 0 unspecified atom stereocenters. The highest BCUT2D eigenvalue weighted by atomic mass is 16.5. The van der Waals surface area contributed by atoms with Crippen molar-refractivity contribution in [3.8, 4) is 0 Å². The first kappa shape index (κ1) is 11.6. The monoisotopic (exact) mass is 212 g/mol. The van der Waals surface area contributed by atoms with Gasteiger partial charge in [-0.15, -0.1) is 0 Å². The zero-order valence-electron chi connectivity index (χ0n) is 9.15. The fraction of sp³-hybridized carbons (Fsp3) is 0.667. The molecule has 0 aliphatic heterocycles. The Labute approximate surface area is 88.2 Å². The molecule has 0 bridgehead atoms. The van der Waals surface area contributed by atoms with Crippen molar-refractivity contribution in [2.24, 2.45) is 11.1 Å². The second kappa shape index (κ2) is 4.39. The molecule has 6 nitrogen and oxygen atoms in total. The summed E-state index contributed by atoms with van der Waals surface area (Å²) in [5.74, 6) is 0.219. The van der Waals surface area contributed by atoms with E-state index in [4.69, 9.17) is 5.73 Å². The summed E-state index contributed by atoms with van der Waals surface area (Å²) in [4.78, 5) is 15.3. The lowest BCUT2D eigenvalue weighted by Crippen LogP contribution is -2.48. The molecule has 0 aromatic carbocycles. The summed E-state index contributed by atoms with van der Waals surface area (Å²) in [5.41, 5.74) is 5.49. The average molecular weight is 212 g/mol. The highest BCUT2D eigenvalue weighted by Gasteiger charge is 2.27. The van der Waals surface area contributed by atoms with Gasteiger partial charge >= 0.3 is 0 Å². The van der Waals surface area contributed by atoms with Crippen LogP contribution >= 0.6 is 0 Å². The number of carbonyl (C=O) groups excluding carboxylic acids is 1. The summed E-state index contributed by atoms with van der Waals surface area (Å²) in [6, 6.07) is -0.551. The first-order valence-corrected chi connectivity index (χ1v) is 4.70. The molecule has 0 aliphatic carbocycles. The minimum atomic E-state index is -0.551. The third-order valence-corrected chi connectivity index (χ3v) is 2.04. The van der Waals surface area contributed by atoms with Gasteiger partial charge in [0.1, 0.15) is 0 Å². The van der Waals surface area contributed by atoms with Crippen molar-refractivity contribution < 1.29 is 9.32 Å². The second-order valence-electron chi connectivity index (χ2n) is 4.41. The maximum Gasteiger partial charge on any atom is 0.237 e. The number of amides is 1. The second-order valence-corrected chi connectivity index (χ2v) is 4.41. The number of hydrogen-bond donors (Lipinski definition) is 2. The number of nitrogens with two attached hydrogens (primary N) is 1. The summed E-state index contributed by atoms with van der Waals surface area (Å²) in [5, 5.41) is 6.21. The summed E-state index contributed by atoms with van der Waals surface area (Å²) in [6.07, 6.45) is 1.21. The maximum absolute atomic E-state index is 11.6. The summed E-state index contributed by atoms with van der Waals surface area (Å²) in [6.45, 7) is 5.96. The third-order valence-electron chi connectivity index (χ3n) is 2.04. The number of hydrogen-bond acceptors (Lipinski definition) is 5. The molecular weight excluding hydrogens is 196 g/mol. The van der Waals surface area contributed by atoms with Crippen molar-refractivity contribution in [1.82, 2.24) is 15.5 Å². The van der Waals surface area contributed by atoms with Crippen LogP contribution in [-0.2, 0) is 11.3 Å². The molecule has 1 atom stereocenters. The van der Waals surface area contributed by atoms with Gasteiger partial charge in [0, 0.05) is 0 Å². The SMILES string of the molecule is CC(C)(C)[C@@H](N)C(=O)NCc1ncon1. The molecule has 1 heterocycles. The van der Waals surface area contributed by atoms with Gasteiger partial charge in [-0.3, -0.25) is 4.79 Å². The van der Waals surface area contributed by atoms with Crippen LogP contribution in [0.3, 0.4) is 0 Å². The van der Waals surface area contributed by atoms with Crippen LogP contribution < -0.4 is 11.1 Å². The smallest absolute Gasteiger partial charge is 0.237 e. The number of nitrogens with one attached hydrogen (secondary N) is 1. The minimum Gasteiger partial charge on any atom is -0.347 e. The van der Waals surface area contributed by atoms with Gasteiger partial charge in [0.25, 0.3) is 0 Å². The van der Waals surface area contributed by atoms with Crippen molar-refractivity contribution in [1.29, 1.82) is 0 Å². The Morgan fingerprint density at radius 3 is 2.80 bits per heavy atom. The van der Waals surface area contributed by atoms with Gasteiger partial charge < -0.3 is 15.6 Å². The van der Waals surface area contributed by atoms with E-state index >= 15 is 0 Å². The van der Waals surface area contributed by atoms with Crippen molar-refractivity contribution in [2.45, 2.75) is 33.4 Å². The number of rotatable bonds is 3. The molecule has 1 amide bonds. The van der Waals surface area contributed by atoms with E-state index in [0.717, 1.165) is 0 Å². The maximum atomic E-state index is 11.6. The van der Waals surface area contributed by atoms with Crippen LogP contribution in [0.2, 0.25) is 0 Å². The van der Waals surface area contributed by atoms with Gasteiger partial charge in [0.2, 0.25) is 12.3 Å². The fourth-order valence-corrected chi connectivity index (χ4v) is 0.940.